The van der Waals surface area contributed by atoms with E-state index in [1.165, 1.54) is 0 Å². The lowest BCUT2D eigenvalue weighted by Gasteiger charge is -2.09. The first-order valence-electron chi connectivity index (χ1n) is 4.91. The van der Waals surface area contributed by atoms with Crippen LogP contribution in [0.4, 0.5) is 4.79 Å². The lowest BCUT2D eigenvalue weighted by atomic mass is 10.3. The molecule has 0 aliphatic heterocycles. The number of aromatic nitrogens is 1. The highest BCUT2D eigenvalue weighted by Gasteiger charge is 2.13. The van der Waals surface area contributed by atoms with Gasteiger partial charge in [0.05, 0.1) is 6.54 Å². The number of pyridine rings is 1. The maximum Gasteiger partial charge on any atom is 0.334 e. The van der Waals surface area contributed by atoms with Crippen LogP contribution in [0.2, 0.25) is 0 Å². The van der Waals surface area contributed by atoms with Gasteiger partial charge >= 0.3 is 12.0 Å². The van der Waals surface area contributed by atoms with Crippen LogP contribution in [0.5, 0.6) is 0 Å². The Morgan fingerprint density at radius 2 is 2.18 bits per heavy atom. The summed E-state index contributed by atoms with van der Waals surface area (Å²) in [5.41, 5.74) is 0.821. The molecule has 7 nitrogen and oxygen atoms in total. The maximum atomic E-state index is 11.2. The molecule has 1 rings (SSSR count). The van der Waals surface area contributed by atoms with E-state index >= 15 is 0 Å². The van der Waals surface area contributed by atoms with Gasteiger partial charge in [-0.1, -0.05) is 6.07 Å². The van der Waals surface area contributed by atoms with Crippen LogP contribution < -0.4 is 10.6 Å². The average molecular weight is 239 g/mol. The first kappa shape index (κ1) is 12.9. The minimum absolute atomic E-state index is 0.281. The summed E-state index contributed by atoms with van der Waals surface area (Å²) in [7, 11) is 0. The zero-order valence-corrected chi connectivity index (χ0v) is 8.96. The van der Waals surface area contributed by atoms with Crippen LogP contribution in [0.1, 0.15) is 5.56 Å². The van der Waals surface area contributed by atoms with Gasteiger partial charge in [0.2, 0.25) is 0 Å². The maximum absolute atomic E-state index is 11.2. The number of carboxylic acids is 1. The first-order valence-corrected chi connectivity index (χ1v) is 4.91. The number of amides is 2. The van der Waals surface area contributed by atoms with E-state index in [0.29, 0.717) is 0 Å². The number of carbonyl (C=O) groups excluding carboxylic acids is 1. The smallest absolute Gasteiger partial charge is 0.334 e. The highest BCUT2D eigenvalue weighted by atomic mass is 16.4. The van der Waals surface area contributed by atoms with Crippen LogP contribution >= 0.6 is 0 Å². The molecular formula is C10H13N3O4. The molecule has 0 spiro atoms. The van der Waals surface area contributed by atoms with Gasteiger partial charge in [-0.3, -0.25) is 4.98 Å². The third kappa shape index (κ3) is 4.94. The van der Waals surface area contributed by atoms with Crippen molar-refractivity contribution >= 4 is 12.0 Å². The molecule has 4 N–H and O–H groups in total. The fraction of sp³-hybridized carbons (Fsp3) is 0.300. The molecule has 92 valence electrons. The molecule has 0 aromatic carbocycles. The molecule has 1 aromatic rings. The Morgan fingerprint density at radius 3 is 2.76 bits per heavy atom. The minimum atomic E-state index is -1.60. The minimum Gasteiger partial charge on any atom is -0.479 e. The van der Waals surface area contributed by atoms with Gasteiger partial charge < -0.3 is 20.8 Å². The predicted octanol–water partition coefficient (Wildman–Crippen LogP) is -0.674. The second kappa shape index (κ2) is 6.44. The van der Waals surface area contributed by atoms with Crippen LogP contribution in [0.25, 0.3) is 0 Å². The molecule has 1 unspecified atom stereocenters. The fourth-order valence-corrected chi connectivity index (χ4v) is 1.02. The van der Waals surface area contributed by atoms with Crippen molar-refractivity contribution in [3.05, 3.63) is 30.1 Å². The van der Waals surface area contributed by atoms with E-state index in [0.717, 1.165) is 5.56 Å². The number of nitrogens with zero attached hydrogens (tertiary/aromatic N) is 1. The van der Waals surface area contributed by atoms with Gasteiger partial charge in [-0.15, -0.1) is 0 Å². The molecule has 0 saturated carbocycles. The van der Waals surface area contributed by atoms with E-state index in [1.807, 2.05) is 0 Å². The average Bonchev–Trinajstić information content (AvgIpc) is 2.34. The Hall–Kier alpha value is -2.15. The summed E-state index contributed by atoms with van der Waals surface area (Å²) in [6, 6.07) is 2.98. The number of aliphatic hydroxyl groups is 1. The van der Waals surface area contributed by atoms with Crippen molar-refractivity contribution in [3.63, 3.8) is 0 Å². The van der Waals surface area contributed by atoms with Gasteiger partial charge in [0.25, 0.3) is 0 Å². The van der Waals surface area contributed by atoms with E-state index < -0.39 is 18.1 Å². The second-order valence-corrected chi connectivity index (χ2v) is 3.28. The number of rotatable bonds is 5. The van der Waals surface area contributed by atoms with Crippen LogP contribution in [0.3, 0.4) is 0 Å². The van der Waals surface area contributed by atoms with Gasteiger partial charge in [-0.25, -0.2) is 9.59 Å². The Labute approximate surface area is 97.5 Å². The van der Waals surface area contributed by atoms with Crippen LogP contribution in [-0.2, 0) is 11.3 Å². The van der Waals surface area contributed by atoms with Gasteiger partial charge in [0.1, 0.15) is 0 Å². The van der Waals surface area contributed by atoms with Crippen molar-refractivity contribution in [2.24, 2.45) is 0 Å². The molecular weight excluding hydrogens is 226 g/mol. The molecule has 1 atom stereocenters. The molecule has 0 saturated heterocycles. The van der Waals surface area contributed by atoms with Gasteiger partial charge in [0.15, 0.2) is 6.10 Å². The molecule has 0 radical (unpaired) electrons. The van der Waals surface area contributed by atoms with Gasteiger partial charge in [-0.05, 0) is 11.6 Å². The lowest BCUT2D eigenvalue weighted by Crippen LogP contribution is -2.41. The van der Waals surface area contributed by atoms with Crippen molar-refractivity contribution < 1.29 is 19.8 Å². The standard InChI is InChI=1S/C10H13N3O4/c14-8(9(15)16)6-13-10(17)12-5-7-2-1-3-11-4-7/h1-4,8,14H,5-6H2,(H,15,16)(H2,12,13,17). The number of carboxylic acid groups (broad SMARTS) is 1. The quantitative estimate of drug-likeness (QED) is 0.544. The molecule has 0 aliphatic carbocycles. The lowest BCUT2D eigenvalue weighted by molar-refractivity contribution is -0.146. The molecule has 1 heterocycles. The zero-order chi connectivity index (χ0) is 12.7. The number of aliphatic carboxylic acids is 1. The summed E-state index contributed by atoms with van der Waals surface area (Å²) in [6.45, 7) is -0.0585. The fourth-order valence-electron chi connectivity index (χ4n) is 1.02. The summed E-state index contributed by atoms with van der Waals surface area (Å²) < 4.78 is 0. The summed E-state index contributed by atoms with van der Waals surface area (Å²) in [4.78, 5) is 25.3. The zero-order valence-electron chi connectivity index (χ0n) is 8.96. The number of hydrogen-bond acceptors (Lipinski definition) is 4. The van der Waals surface area contributed by atoms with E-state index in [9.17, 15) is 9.59 Å². The summed E-state index contributed by atoms with van der Waals surface area (Å²) in [5, 5.41) is 22.0. The Kier molecular flexibility index (Phi) is 4.89. The van der Waals surface area contributed by atoms with Gasteiger partial charge in [-0.2, -0.15) is 0 Å². The second-order valence-electron chi connectivity index (χ2n) is 3.28. The Bertz CT molecular complexity index is 382. The molecule has 0 fully saturated rings. The van der Waals surface area contributed by atoms with Crippen molar-refractivity contribution in [1.29, 1.82) is 0 Å². The normalized spacial score (nSPS) is 11.6. The summed E-state index contributed by atoms with van der Waals surface area (Å²) >= 11 is 0. The SMILES string of the molecule is O=C(NCc1cccnc1)NCC(O)C(=O)O. The number of nitrogens with one attached hydrogen (secondary N) is 2. The van der Waals surface area contributed by atoms with E-state index in [1.54, 1.807) is 24.5 Å². The summed E-state index contributed by atoms with van der Waals surface area (Å²) in [5.74, 6) is -1.38. The van der Waals surface area contributed by atoms with Crippen LogP contribution in [-0.4, -0.2) is 39.8 Å². The molecule has 0 aliphatic rings. The highest BCUT2D eigenvalue weighted by Crippen LogP contribution is 1.93. The van der Waals surface area contributed by atoms with E-state index in [2.05, 4.69) is 15.6 Å². The van der Waals surface area contributed by atoms with Gasteiger partial charge in [0, 0.05) is 18.9 Å². The number of aliphatic hydroxyl groups excluding tert-OH is 1. The highest BCUT2D eigenvalue weighted by molar-refractivity contribution is 5.76. The largest absolute Gasteiger partial charge is 0.479 e. The van der Waals surface area contributed by atoms with E-state index in [-0.39, 0.29) is 13.1 Å². The monoisotopic (exact) mass is 239 g/mol. The van der Waals surface area contributed by atoms with E-state index in [4.69, 9.17) is 10.2 Å². The Morgan fingerprint density at radius 1 is 1.41 bits per heavy atom. The first-order chi connectivity index (χ1) is 8.09. The van der Waals surface area contributed by atoms with Crippen molar-refractivity contribution in [2.75, 3.05) is 6.54 Å². The van der Waals surface area contributed by atoms with Crippen molar-refractivity contribution in [1.82, 2.24) is 15.6 Å². The third-order valence-electron chi connectivity index (χ3n) is 1.92. The summed E-state index contributed by atoms with van der Waals surface area (Å²) in [6.07, 6.45) is 1.62. The number of carbonyl (C=O) groups is 2. The van der Waals surface area contributed by atoms with Crippen LogP contribution in [0.15, 0.2) is 24.5 Å². The van der Waals surface area contributed by atoms with Crippen molar-refractivity contribution in [3.8, 4) is 0 Å². The Balaban J connectivity index is 2.24. The molecule has 2 amide bonds. The topological polar surface area (TPSA) is 112 Å². The molecule has 1 aromatic heterocycles. The predicted molar refractivity (Wildman–Crippen MR) is 58.1 cm³/mol. The third-order valence-corrected chi connectivity index (χ3v) is 1.92. The molecule has 17 heavy (non-hydrogen) atoms. The number of urea groups is 1. The molecule has 0 bridgehead atoms. The van der Waals surface area contributed by atoms with Crippen molar-refractivity contribution in [2.45, 2.75) is 12.6 Å². The van der Waals surface area contributed by atoms with Crippen LogP contribution in [0, 0.1) is 0 Å². The number of hydrogen-bond donors (Lipinski definition) is 4. The molecule has 7 heteroatoms.